The minimum absolute atomic E-state index is 0.0931. The standard InChI is InChI=1S/C17H18N2O4/c1-9-14(11(3)20)10(2)19-15(9)16(21)18-8-12-5-4-6-13(7-12)17(22)23/h4-7,19H,8H2,1-3H3,(H,18,21)(H,22,23). The average molecular weight is 314 g/mol. The number of nitrogens with one attached hydrogen (secondary N) is 2. The molecule has 2 rings (SSSR count). The molecule has 0 spiro atoms. The number of rotatable bonds is 5. The highest BCUT2D eigenvalue weighted by Gasteiger charge is 2.19. The minimum atomic E-state index is -1.01. The second-order valence-electron chi connectivity index (χ2n) is 5.37. The lowest BCUT2D eigenvalue weighted by Gasteiger charge is -2.06. The first kappa shape index (κ1) is 16.5. The van der Waals surface area contributed by atoms with Gasteiger partial charge in [-0.25, -0.2) is 4.79 Å². The van der Waals surface area contributed by atoms with E-state index in [1.807, 2.05) is 0 Å². The fourth-order valence-electron chi connectivity index (χ4n) is 2.59. The Hall–Kier alpha value is -2.89. The summed E-state index contributed by atoms with van der Waals surface area (Å²) < 4.78 is 0. The summed E-state index contributed by atoms with van der Waals surface area (Å²) in [5, 5.41) is 11.7. The van der Waals surface area contributed by atoms with E-state index in [4.69, 9.17) is 5.11 Å². The highest BCUT2D eigenvalue weighted by atomic mass is 16.4. The summed E-state index contributed by atoms with van der Waals surface area (Å²) in [6, 6.07) is 6.37. The third-order valence-electron chi connectivity index (χ3n) is 3.64. The van der Waals surface area contributed by atoms with E-state index in [-0.39, 0.29) is 23.8 Å². The number of benzene rings is 1. The van der Waals surface area contributed by atoms with Crippen molar-refractivity contribution >= 4 is 17.7 Å². The predicted octanol–water partition coefficient (Wildman–Crippen LogP) is 2.46. The number of Topliss-reactive ketones (excluding diaryl/α,β-unsaturated/α-hetero) is 1. The topological polar surface area (TPSA) is 99.3 Å². The molecule has 0 radical (unpaired) electrons. The van der Waals surface area contributed by atoms with Crippen molar-refractivity contribution < 1.29 is 19.5 Å². The second kappa shape index (κ2) is 6.48. The lowest BCUT2D eigenvalue weighted by molar-refractivity contribution is 0.0696. The minimum Gasteiger partial charge on any atom is -0.478 e. The van der Waals surface area contributed by atoms with E-state index < -0.39 is 5.97 Å². The van der Waals surface area contributed by atoms with Crippen molar-refractivity contribution in [3.63, 3.8) is 0 Å². The summed E-state index contributed by atoms with van der Waals surface area (Å²) in [7, 11) is 0. The highest BCUT2D eigenvalue weighted by Crippen LogP contribution is 2.18. The van der Waals surface area contributed by atoms with Gasteiger partial charge in [-0.1, -0.05) is 12.1 Å². The summed E-state index contributed by atoms with van der Waals surface area (Å²) in [4.78, 5) is 37.7. The SMILES string of the molecule is CC(=O)c1c(C)[nH]c(C(=O)NCc2cccc(C(=O)O)c2)c1C. The van der Waals surface area contributed by atoms with E-state index in [2.05, 4.69) is 10.3 Å². The van der Waals surface area contributed by atoms with Gasteiger partial charge >= 0.3 is 5.97 Å². The van der Waals surface area contributed by atoms with Crippen LogP contribution in [0.4, 0.5) is 0 Å². The molecule has 0 bridgehead atoms. The van der Waals surface area contributed by atoms with Crippen molar-refractivity contribution in [2.45, 2.75) is 27.3 Å². The molecule has 0 atom stereocenters. The first-order chi connectivity index (χ1) is 10.8. The van der Waals surface area contributed by atoms with Crippen molar-refractivity contribution in [1.82, 2.24) is 10.3 Å². The van der Waals surface area contributed by atoms with Crippen molar-refractivity contribution in [1.29, 1.82) is 0 Å². The van der Waals surface area contributed by atoms with Crippen LogP contribution in [0, 0.1) is 13.8 Å². The number of hydrogen-bond acceptors (Lipinski definition) is 3. The number of aromatic carboxylic acids is 1. The van der Waals surface area contributed by atoms with Crippen LogP contribution >= 0.6 is 0 Å². The Morgan fingerprint density at radius 2 is 1.91 bits per heavy atom. The molecule has 0 fully saturated rings. The molecule has 2 aromatic rings. The zero-order valence-electron chi connectivity index (χ0n) is 13.2. The molecule has 1 aromatic carbocycles. The van der Waals surface area contributed by atoms with Gasteiger partial charge in [0, 0.05) is 17.8 Å². The average Bonchev–Trinajstić information content (AvgIpc) is 2.80. The molecule has 23 heavy (non-hydrogen) atoms. The van der Waals surface area contributed by atoms with Crippen molar-refractivity contribution in [3.05, 3.63) is 57.9 Å². The van der Waals surface area contributed by atoms with Crippen LogP contribution in [0.3, 0.4) is 0 Å². The molecular formula is C17H18N2O4. The summed E-state index contributed by atoms with van der Waals surface area (Å²) in [6.07, 6.45) is 0. The number of carboxylic acid groups (broad SMARTS) is 1. The number of aryl methyl sites for hydroxylation is 1. The fraction of sp³-hybridized carbons (Fsp3) is 0.235. The maximum absolute atomic E-state index is 12.3. The Morgan fingerprint density at radius 3 is 2.48 bits per heavy atom. The molecule has 1 heterocycles. The number of aromatic nitrogens is 1. The number of hydrogen-bond donors (Lipinski definition) is 3. The molecule has 0 aliphatic heterocycles. The third kappa shape index (κ3) is 3.48. The largest absolute Gasteiger partial charge is 0.478 e. The van der Waals surface area contributed by atoms with Gasteiger partial charge in [-0.15, -0.1) is 0 Å². The first-order valence-corrected chi connectivity index (χ1v) is 7.11. The summed E-state index contributed by atoms with van der Waals surface area (Å²) in [5.74, 6) is -1.44. The predicted molar refractivity (Wildman–Crippen MR) is 84.8 cm³/mol. The Balaban J connectivity index is 2.14. The van der Waals surface area contributed by atoms with Crippen LogP contribution in [-0.2, 0) is 6.54 Å². The first-order valence-electron chi connectivity index (χ1n) is 7.11. The number of amides is 1. The van der Waals surface area contributed by atoms with Crippen LogP contribution in [0.5, 0.6) is 0 Å². The Morgan fingerprint density at radius 1 is 1.22 bits per heavy atom. The third-order valence-corrected chi connectivity index (χ3v) is 3.64. The molecule has 0 aliphatic carbocycles. The van der Waals surface area contributed by atoms with Crippen molar-refractivity contribution in [3.8, 4) is 0 Å². The van der Waals surface area contributed by atoms with Crippen molar-refractivity contribution in [2.24, 2.45) is 0 Å². The van der Waals surface area contributed by atoms with Crippen LogP contribution in [0.2, 0.25) is 0 Å². The molecule has 0 saturated heterocycles. The van der Waals surface area contributed by atoms with Gasteiger partial charge in [0.2, 0.25) is 0 Å². The molecule has 3 N–H and O–H groups in total. The molecule has 1 aromatic heterocycles. The molecule has 6 heteroatoms. The van der Waals surface area contributed by atoms with Gasteiger partial charge in [0.05, 0.1) is 5.56 Å². The van der Waals surface area contributed by atoms with E-state index in [0.717, 1.165) is 0 Å². The molecule has 0 saturated carbocycles. The summed E-state index contributed by atoms with van der Waals surface area (Å²) in [5.41, 5.74) is 3.01. The second-order valence-corrected chi connectivity index (χ2v) is 5.37. The number of ketones is 1. The quantitative estimate of drug-likeness (QED) is 0.738. The van der Waals surface area contributed by atoms with Crippen LogP contribution in [-0.4, -0.2) is 27.8 Å². The van der Waals surface area contributed by atoms with Gasteiger partial charge in [-0.05, 0) is 44.0 Å². The number of carbonyl (C=O) groups excluding carboxylic acids is 2. The molecule has 1 amide bonds. The summed E-state index contributed by atoms with van der Waals surface area (Å²) in [6.45, 7) is 5.13. The van der Waals surface area contributed by atoms with Gasteiger partial charge in [0.25, 0.3) is 5.91 Å². The molecule has 120 valence electrons. The number of carboxylic acids is 1. The fourth-order valence-corrected chi connectivity index (χ4v) is 2.59. The monoisotopic (exact) mass is 314 g/mol. The van der Waals surface area contributed by atoms with Gasteiger partial charge in [0.15, 0.2) is 5.78 Å². The molecule has 0 aliphatic rings. The van der Waals surface area contributed by atoms with E-state index in [1.54, 1.807) is 26.0 Å². The van der Waals surface area contributed by atoms with Gasteiger partial charge in [-0.3, -0.25) is 9.59 Å². The van der Waals surface area contributed by atoms with E-state index in [1.165, 1.54) is 19.1 Å². The molecular weight excluding hydrogens is 296 g/mol. The number of aromatic amines is 1. The number of carbonyl (C=O) groups is 3. The Kier molecular flexibility index (Phi) is 4.64. The maximum Gasteiger partial charge on any atom is 0.335 e. The maximum atomic E-state index is 12.3. The van der Waals surface area contributed by atoms with E-state index in [0.29, 0.717) is 28.1 Å². The zero-order chi connectivity index (χ0) is 17.1. The molecule has 6 nitrogen and oxygen atoms in total. The highest BCUT2D eigenvalue weighted by molar-refractivity contribution is 6.02. The normalized spacial score (nSPS) is 10.4. The van der Waals surface area contributed by atoms with Crippen LogP contribution in [0.15, 0.2) is 24.3 Å². The van der Waals surface area contributed by atoms with Crippen LogP contribution in [0.25, 0.3) is 0 Å². The van der Waals surface area contributed by atoms with Crippen LogP contribution in [0.1, 0.15) is 54.9 Å². The Bertz CT molecular complexity index is 790. The van der Waals surface area contributed by atoms with E-state index >= 15 is 0 Å². The Labute approximate surface area is 133 Å². The van der Waals surface area contributed by atoms with Gasteiger partial charge < -0.3 is 15.4 Å². The lowest BCUT2D eigenvalue weighted by Crippen LogP contribution is -2.24. The van der Waals surface area contributed by atoms with Gasteiger partial charge in [-0.2, -0.15) is 0 Å². The van der Waals surface area contributed by atoms with Gasteiger partial charge in [0.1, 0.15) is 5.69 Å². The van der Waals surface area contributed by atoms with Crippen LogP contribution < -0.4 is 5.32 Å². The lowest BCUT2D eigenvalue weighted by atomic mass is 10.1. The number of H-pyrrole nitrogens is 1. The van der Waals surface area contributed by atoms with Crippen molar-refractivity contribution in [2.75, 3.05) is 0 Å². The zero-order valence-corrected chi connectivity index (χ0v) is 13.2. The summed E-state index contributed by atoms with van der Waals surface area (Å²) >= 11 is 0. The molecule has 0 unspecified atom stereocenters. The smallest absolute Gasteiger partial charge is 0.335 e. The van der Waals surface area contributed by atoms with E-state index in [9.17, 15) is 14.4 Å².